The normalized spacial score (nSPS) is 11.6. The molecule has 0 saturated heterocycles. The fourth-order valence-electron chi connectivity index (χ4n) is 5.81. The number of benzene rings is 3. The number of H-pyrrole nitrogens is 1. The van der Waals surface area contributed by atoms with E-state index >= 15 is 0 Å². The van der Waals surface area contributed by atoms with Crippen LogP contribution in [0.15, 0.2) is 77.9 Å². The molecule has 0 atom stereocenters. The molecule has 10 nitrogen and oxygen atoms in total. The van der Waals surface area contributed by atoms with Gasteiger partial charge in [0.1, 0.15) is 29.4 Å². The van der Waals surface area contributed by atoms with E-state index in [9.17, 15) is 9.59 Å². The number of aryl methyl sites for hydroxylation is 2. The quantitative estimate of drug-likeness (QED) is 0.286. The zero-order valence-corrected chi connectivity index (χ0v) is 23.9. The van der Waals surface area contributed by atoms with Gasteiger partial charge in [-0.15, -0.1) is 0 Å². The molecule has 43 heavy (non-hydrogen) atoms. The molecule has 0 aliphatic heterocycles. The number of ketones is 1. The third-order valence-corrected chi connectivity index (χ3v) is 7.78. The van der Waals surface area contributed by atoms with Gasteiger partial charge in [-0.25, -0.2) is 19.6 Å². The lowest BCUT2D eigenvalue weighted by Crippen LogP contribution is -2.25. The maximum Gasteiger partial charge on any atom is 0.263 e. The molecule has 4 aromatic heterocycles. The Labute approximate surface area is 245 Å². The highest BCUT2D eigenvalue weighted by molar-refractivity contribution is 5.99. The summed E-state index contributed by atoms with van der Waals surface area (Å²) >= 11 is 0. The van der Waals surface area contributed by atoms with Crippen molar-refractivity contribution in [1.29, 1.82) is 0 Å². The topological polar surface area (TPSA) is 137 Å². The van der Waals surface area contributed by atoms with Crippen LogP contribution in [0.5, 0.6) is 0 Å². The molecule has 0 aliphatic carbocycles. The number of rotatable bonds is 6. The zero-order chi connectivity index (χ0) is 29.8. The van der Waals surface area contributed by atoms with Gasteiger partial charge in [0.15, 0.2) is 5.65 Å². The molecule has 0 saturated carbocycles. The van der Waals surface area contributed by atoms with Gasteiger partial charge in [0, 0.05) is 11.3 Å². The molecular formula is C33H28N8O2. The highest BCUT2D eigenvalue weighted by Gasteiger charge is 2.21. The van der Waals surface area contributed by atoms with Crippen molar-refractivity contribution in [2.45, 2.75) is 33.7 Å². The molecule has 0 spiro atoms. The largest absolute Gasteiger partial charge is 0.383 e. The van der Waals surface area contributed by atoms with Gasteiger partial charge in [0.05, 0.1) is 40.5 Å². The van der Waals surface area contributed by atoms with Crippen LogP contribution in [0.2, 0.25) is 0 Å². The summed E-state index contributed by atoms with van der Waals surface area (Å²) in [6, 6.07) is 21.5. The molecule has 0 aliphatic rings. The molecule has 4 heterocycles. The molecule has 3 N–H and O–H groups in total. The Morgan fingerprint density at radius 1 is 0.953 bits per heavy atom. The van der Waals surface area contributed by atoms with Crippen molar-refractivity contribution >= 4 is 44.4 Å². The molecular weight excluding hydrogens is 540 g/mol. The number of anilines is 1. The minimum atomic E-state index is -0.0863. The Bertz CT molecular complexity index is 2290. The van der Waals surface area contributed by atoms with Crippen LogP contribution in [0, 0.1) is 13.8 Å². The summed E-state index contributed by atoms with van der Waals surface area (Å²) in [6.45, 7) is 5.75. The number of nitrogens with zero attached hydrogens (tertiary/aromatic N) is 6. The maximum absolute atomic E-state index is 14.1. The number of imidazole rings is 1. The van der Waals surface area contributed by atoms with Crippen LogP contribution in [-0.2, 0) is 17.8 Å². The monoisotopic (exact) mass is 568 g/mol. The summed E-state index contributed by atoms with van der Waals surface area (Å²) in [5.41, 5.74) is 13.3. The van der Waals surface area contributed by atoms with Crippen LogP contribution in [0.4, 0.5) is 5.82 Å². The van der Waals surface area contributed by atoms with Gasteiger partial charge in [-0.3, -0.25) is 14.2 Å². The number of carbonyl (C=O) groups is 1. The van der Waals surface area contributed by atoms with Crippen molar-refractivity contribution in [1.82, 2.24) is 34.3 Å². The van der Waals surface area contributed by atoms with E-state index in [0.717, 1.165) is 44.5 Å². The summed E-state index contributed by atoms with van der Waals surface area (Å²) in [7, 11) is 0. The second kappa shape index (κ2) is 10.0. The van der Waals surface area contributed by atoms with E-state index in [0.29, 0.717) is 33.8 Å². The standard InChI is InChI=1S/C33H28N8O2/c1-18-7-4-5-10-26(18)41-23(14-21-9-6-8-19(2)28(21)33(41)43)16-40-32-29(31(34)35-17-36-32)30(39-40)22-11-12-24-25(15-22)38-27(37-24)13-20(3)42/h4-12,14-15,17H,13,16H2,1-3H3,(H,37,38)(H2,34,35,36). The zero-order valence-electron chi connectivity index (χ0n) is 23.9. The minimum absolute atomic E-state index is 0.0296. The third kappa shape index (κ3) is 4.44. The molecule has 7 aromatic rings. The van der Waals surface area contributed by atoms with Crippen molar-refractivity contribution in [3.05, 3.63) is 106 Å². The SMILES string of the molecule is CC(=O)Cc1nc2ccc(-c3nn(Cc4cc5cccc(C)c5c(=O)n4-c4ccccc4C)c4ncnc(N)c34)cc2[nH]1. The second-order valence-electron chi connectivity index (χ2n) is 10.9. The number of nitrogens with two attached hydrogens (primary N) is 1. The highest BCUT2D eigenvalue weighted by atomic mass is 16.1. The van der Waals surface area contributed by atoms with Crippen LogP contribution >= 0.6 is 0 Å². The smallest absolute Gasteiger partial charge is 0.263 e. The Hall–Kier alpha value is -5.64. The number of aromatic nitrogens is 7. The number of nitrogen functional groups attached to an aromatic ring is 1. The first-order chi connectivity index (χ1) is 20.8. The summed E-state index contributed by atoms with van der Waals surface area (Å²) in [6.07, 6.45) is 1.65. The maximum atomic E-state index is 14.1. The predicted octanol–water partition coefficient (Wildman–Crippen LogP) is 5.05. The van der Waals surface area contributed by atoms with Crippen molar-refractivity contribution < 1.29 is 4.79 Å². The molecule has 0 fully saturated rings. The Balaban J connectivity index is 1.43. The number of hydrogen-bond donors (Lipinski definition) is 2. The number of pyridine rings is 1. The number of para-hydroxylation sites is 1. The van der Waals surface area contributed by atoms with E-state index in [-0.39, 0.29) is 24.3 Å². The number of Topliss-reactive ketones (excluding diaryl/α,β-unsaturated/α-hetero) is 1. The molecule has 0 radical (unpaired) electrons. The number of carbonyl (C=O) groups excluding carboxylic acids is 1. The molecule has 3 aromatic carbocycles. The molecule has 0 bridgehead atoms. The van der Waals surface area contributed by atoms with E-state index in [4.69, 9.17) is 10.8 Å². The van der Waals surface area contributed by atoms with Gasteiger partial charge < -0.3 is 10.7 Å². The second-order valence-corrected chi connectivity index (χ2v) is 10.9. The van der Waals surface area contributed by atoms with Gasteiger partial charge in [-0.05, 0) is 61.5 Å². The number of nitrogens with one attached hydrogen (secondary N) is 1. The van der Waals surface area contributed by atoms with Gasteiger partial charge in [0.2, 0.25) is 0 Å². The van der Waals surface area contributed by atoms with Gasteiger partial charge >= 0.3 is 0 Å². The van der Waals surface area contributed by atoms with Crippen LogP contribution in [0.3, 0.4) is 0 Å². The predicted molar refractivity (Wildman–Crippen MR) is 167 cm³/mol. The fourth-order valence-corrected chi connectivity index (χ4v) is 5.81. The summed E-state index contributed by atoms with van der Waals surface area (Å²) < 4.78 is 3.54. The summed E-state index contributed by atoms with van der Waals surface area (Å²) in [5, 5.41) is 7.16. The van der Waals surface area contributed by atoms with Crippen molar-refractivity contribution in [2.24, 2.45) is 0 Å². The Morgan fingerprint density at radius 3 is 2.58 bits per heavy atom. The lowest BCUT2D eigenvalue weighted by atomic mass is 10.1. The molecule has 7 rings (SSSR count). The first-order valence-corrected chi connectivity index (χ1v) is 13.9. The van der Waals surface area contributed by atoms with Crippen LogP contribution in [-0.4, -0.2) is 40.1 Å². The number of aromatic amines is 1. The van der Waals surface area contributed by atoms with Gasteiger partial charge in [-0.2, -0.15) is 5.10 Å². The molecule has 10 heteroatoms. The fraction of sp³-hybridized carbons (Fsp3) is 0.152. The molecule has 212 valence electrons. The van der Waals surface area contributed by atoms with E-state index in [1.165, 1.54) is 13.3 Å². The van der Waals surface area contributed by atoms with Gasteiger partial charge in [-0.1, -0.05) is 42.5 Å². The van der Waals surface area contributed by atoms with Crippen molar-refractivity contribution in [3.8, 4) is 16.9 Å². The number of fused-ring (bicyclic) bond motifs is 3. The van der Waals surface area contributed by atoms with Gasteiger partial charge in [0.25, 0.3) is 5.56 Å². The van der Waals surface area contributed by atoms with E-state index < -0.39 is 0 Å². The van der Waals surface area contributed by atoms with E-state index in [1.54, 1.807) is 9.25 Å². The van der Waals surface area contributed by atoms with Crippen molar-refractivity contribution in [2.75, 3.05) is 5.73 Å². The lowest BCUT2D eigenvalue weighted by Gasteiger charge is -2.17. The molecule has 0 unspecified atom stereocenters. The van der Waals surface area contributed by atoms with Crippen LogP contribution in [0.1, 0.15) is 29.6 Å². The van der Waals surface area contributed by atoms with E-state index in [1.807, 2.05) is 80.6 Å². The van der Waals surface area contributed by atoms with Crippen LogP contribution < -0.4 is 11.3 Å². The minimum Gasteiger partial charge on any atom is -0.383 e. The summed E-state index contributed by atoms with van der Waals surface area (Å²) in [5.74, 6) is 0.944. The Morgan fingerprint density at radius 2 is 1.77 bits per heavy atom. The first kappa shape index (κ1) is 26.3. The van der Waals surface area contributed by atoms with E-state index in [2.05, 4.69) is 19.9 Å². The lowest BCUT2D eigenvalue weighted by molar-refractivity contribution is -0.116. The number of hydrogen-bond acceptors (Lipinski definition) is 7. The Kier molecular flexibility index (Phi) is 6.12. The molecule has 0 amide bonds. The third-order valence-electron chi connectivity index (χ3n) is 7.78. The summed E-state index contributed by atoms with van der Waals surface area (Å²) in [4.78, 5) is 42.3. The van der Waals surface area contributed by atoms with Crippen LogP contribution in [0.25, 0.3) is 49.8 Å². The first-order valence-electron chi connectivity index (χ1n) is 13.9. The average molecular weight is 569 g/mol. The average Bonchev–Trinajstić information content (AvgIpc) is 3.54. The highest BCUT2D eigenvalue weighted by Crippen LogP contribution is 2.32. The van der Waals surface area contributed by atoms with Crippen molar-refractivity contribution in [3.63, 3.8) is 0 Å².